The number of ketones is 1. The number of nitriles is 1. The lowest BCUT2D eigenvalue weighted by atomic mass is 9.70. The summed E-state index contributed by atoms with van der Waals surface area (Å²) in [5.41, 5.74) is 3.42. The van der Waals surface area contributed by atoms with Crippen LogP contribution >= 0.6 is 0 Å². The molecule has 1 aromatic carbocycles. The second-order valence-corrected chi connectivity index (χ2v) is 6.76. The molecule has 0 bridgehead atoms. The summed E-state index contributed by atoms with van der Waals surface area (Å²) in [6.07, 6.45) is 5.59. The summed E-state index contributed by atoms with van der Waals surface area (Å²) in [4.78, 5) is 13.0. The van der Waals surface area contributed by atoms with Crippen molar-refractivity contribution in [3.63, 3.8) is 0 Å². The summed E-state index contributed by atoms with van der Waals surface area (Å²) >= 11 is 0. The van der Waals surface area contributed by atoms with Crippen LogP contribution in [0.2, 0.25) is 0 Å². The number of Topliss-reactive ketones (excluding diaryl/α,β-unsaturated/α-hetero) is 1. The van der Waals surface area contributed by atoms with Gasteiger partial charge in [-0.3, -0.25) is 4.79 Å². The van der Waals surface area contributed by atoms with Gasteiger partial charge in [0.15, 0.2) is 5.78 Å². The highest BCUT2D eigenvalue weighted by molar-refractivity contribution is 6.13. The molecule has 4 nitrogen and oxygen atoms in total. The number of nitrogens with zero attached hydrogens (tertiary/aromatic N) is 1. The van der Waals surface area contributed by atoms with Crippen LogP contribution in [0.4, 0.5) is 0 Å². The first-order chi connectivity index (χ1) is 10.9. The Morgan fingerprint density at radius 3 is 2.87 bits per heavy atom. The molecule has 0 amide bonds. The fraction of sp³-hybridized carbons (Fsp3) is 0.263. The lowest BCUT2D eigenvalue weighted by Gasteiger charge is -2.34. The predicted molar refractivity (Wildman–Crippen MR) is 85.7 cm³/mol. The smallest absolute Gasteiger partial charge is 0.191 e. The van der Waals surface area contributed by atoms with Crippen LogP contribution in [0.1, 0.15) is 29.8 Å². The maximum absolute atomic E-state index is 13.0. The largest absolute Gasteiger partial charge is 0.508 e. The minimum Gasteiger partial charge on any atom is -0.508 e. The summed E-state index contributed by atoms with van der Waals surface area (Å²) in [7, 11) is 0. The average molecular weight is 304 g/mol. The van der Waals surface area contributed by atoms with Crippen LogP contribution in [0.5, 0.6) is 5.75 Å². The molecule has 0 aromatic heterocycles. The molecule has 4 heteroatoms. The van der Waals surface area contributed by atoms with Crippen LogP contribution in [0, 0.1) is 17.2 Å². The van der Waals surface area contributed by atoms with E-state index in [2.05, 4.69) is 25.2 Å². The van der Waals surface area contributed by atoms with E-state index in [9.17, 15) is 9.90 Å². The van der Waals surface area contributed by atoms with Crippen LogP contribution in [0.3, 0.4) is 0 Å². The third-order valence-corrected chi connectivity index (χ3v) is 5.06. The Hall–Kier alpha value is -2.80. The molecule has 2 unspecified atom stereocenters. The SMILES string of the molecule is CC1(C)C2=C(C(=O)c3cc(O)ccc31)C1C=CC(C#N)=CC1N2. The van der Waals surface area contributed by atoms with Gasteiger partial charge >= 0.3 is 0 Å². The molecule has 114 valence electrons. The number of nitrogens with one attached hydrogen (secondary N) is 1. The van der Waals surface area contributed by atoms with Crippen molar-refractivity contribution in [1.29, 1.82) is 5.26 Å². The molecule has 2 aliphatic carbocycles. The molecule has 4 rings (SSSR count). The first-order valence-electron chi connectivity index (χ1n) is 7.63. The van der Waals surface area contributed by atoms with Crippen LogP contribution in [0.15, 0.2) is 53.3 Å². The summed E-state index contributed by atoms with van der Waals surface area (Å²) in [6, 6.07) is 7.09. The van der Waals surface area contributed by atoms with Gasteiger partial charge in [0.25, 0.3) is 0 Å². The number of phenolic OH excluding ortho intramolecular Hbond substituents is 1. The molecule has 1 heterocycles. The van der Waals surface area contributed by atoms with Crippen LogP contribution in [-0.4, -0.2) is 16.9 Å². The van der Waals surface area contributed by atoms with Gasteiger partial charge in [-0.2, -0.15) is 5.26 Å². The highest BCUT2D eigenvalue weighted by atomic mass is 16.3. The number of phenols is 1. The number of aromatic hydroxyl groups is 1. The minimum absolute atomic E-state index is 0.0383. The standard InChI is InChI=1S/C19H16N2O2/c1-19(2)14-6-4-11(22)8-13(14)17(23)16-12-5-3-10(9-20)7-15(12)21-18(16)19/h3-8,12,15,21-22H,1-2H3. The number of fused-ring (bicyclic) bond motifs is 3. The van der Waals surface area contributed by atoms with Crippen LogP contribution in [0.25, 0.3) is 0 Å². The molecule has 2 atom stereocenters. The van der Waals surface area contributed by atoms with Gasteiger partial charge in [-0.25, -0.2) is 0 Å². The Labute approximate surface area is 134 Å². The summed E-state index contributed by atoms with van der Waals surface area (Å²) in [5, 5.41) is 22.3. The number of carbonyl (C=O) groups is 1. The van der Waals surface area contributed by atoms with E-state index in [1.807, 2.05) is 18.2 Å². The Morgan fingerprint density at radius 2 is 2.13 bits per heavy atom. The Morgan fingerprint density at radius 1 is 1.35 bits per heavy atom. The Balaban J connectivity index is 1.89. The van der Waals surface area contributed by atoms with Crippen LogP contribution < -0.4 is 5.32 Å². The van der Waals surface area contributed by atoms with Crippen molar-refractivity contribution in [3.8, 4) is 11.8 Å². The number of carbonyl (C=O) groups excluding carboxylic acids is 1. The Bertz CT molecular complexity index is 881. The van der Waals surface area contributed by atoms with Gasteiger partial charge in [-0.15, -0.1) is 0 Å². The lowest BCUT2D eigenvalue weighted by Crippen LogP contribution is -2.36. The molecule has 23 heavy (non-hydrogen) atoms. The molecule has 0 spiro atoms. The van der Waals surface area contributed by atoms with E-state index in [0.717, 1.165) is 16.8 Å². The maximum Gasteiger partial charge on any atom is 0.191 e. The zero-order valence-corrected chi connectivity index (χ0v) is 12.9. The second-order valence-electron chi connectivity index (χ2n) is 6.76. The third kappa shape index (κ3) is 1.74. The van der Waals surface area contributed by atoms with Crippen molar-refractivity contribution in [2.45, 2.75) is 25.3 Å². The molecule has 1 aliphatic heterocycles. The van der Waals surface area contributed by atoms with Gasteiger partial charge in [0.2, 0.25) is 0 Å². The highest BCUT2D eigenvalue weighted by Gasteiger charge is 2.47. The maximum atomic E-state index is 13.0. The molecule has 1 aromatic rings. The summed E-state index contributed by atoms with van der Waals surface area (Å²) in [6.45, 7) is 4.15. The zero-order chi connectivity index (χ0) is 16.4. The minimum atomic E-state index is -0.349. The van der Waals surface area contributed by atoms with E-state index in [1.54, 1.807) is 18.2 Å². The molecule has 3 aliphatic rings. The zero-order valence-electron chi connectivity index (χ0n) is 12.9. The van der Waals surface area contributed by atoms with Gasteiger partial charge in [0, 0.05) is 33.7 Å². The molecule has 0 saturated heterocycles. The average Bonchev–Trinajstić information content (AvgIpc) is 2.92. The lowest BCUT2D eigenvalue weighted by molar-refractivity contribution is 0.101. The Kier molecular flexibility index (Phi) is 2.62. The fourth-order valence-corrected chi connectivity index (χ4v) is 3.90. The number of hydrogen-bond acceptors (Lipinski definition) is 4. The molecule has 0 radical (unpaired) electrons. The normalized spacial score (nSPS) is 26.7. The van der Waals surface area contributed by atoms with E-state index in [0.29, 0.717) is 11.1 Å². The van der Waals surface area contributed by atoms with Crippen molar-refractivity contribution in [2.75, 3.05) is 0 Å². The first kappa shape index (κ1) is 13.8. The topological polar surface area (TPSA) is 73.1 Å². The molecular weight excluding hydrogens is 288 g/mol. The monoisotopic (exact) mass is 304 g/mol. The van der Waals surface area contributed by atoms with E-state index in [-0.39, 0.29) is 28.9 Å². The third-order valence-electron chi connectivity index (χ3n) is 5.06. The number of rotatable bonds is 0. The van der Waals surface area contributed by atoms with Gasteiger partial charge in [-0.1, -0.05) is 26.0 Å². The van der Waals surface area contributed by atoms with E-state index >= 15 is 0 Å². The predicted octanol–water partition coefficient (Wildman–Crippen LogP) is 2.73. The molecular formula is C19H16N2O2. The van der Waals surface area contributed by atoms with E-state index < -0.39 is 0 Å². The van der Waals surface area contributed by atoms with Gasteiger partial charge in [0.1, 0.15) is 5.75 Å². The molecule has 2 N–H and O–H groups in total. The quantitative estimate of drug-likeness (QED) is 0.773. The number of allylic oxidation sites excluding steroid dienone is 3. The van der Waals surface area contributed by atoms with Gasteiger partial charge < -0.3 is 10.4 Å². The van der Waals surface area contributed by atoms with Crippen molar-refractivity contribution >= 4 is 5.78 Å². The molecule has 0 fully saturated rings. The molecule has 0 saturated carbocycles. The van der Waals surface area contributed by atoms with Gasteiger partial charge in [0.05, 0.1) is 12.1 Å². The number of hydrogen-bond donors (Lipinski definition) is 2. The van der Waals surface area contributed by atoms with E-state index in [4.69, 9.17) is 5.26 Å². The second kappa shape index (κ2) is 4.36. The van der Waals surface area contributed by atoms with Crippen molar-refractivity contribution in [3.05, 3.63) is 64.4 Å². The van der Waals surface area contributed by atoms with Gasteiger partial charge in [-0.05, 0) is 29.8 Å². The highest BCUT2D eigenvalue weighted by Crippen LogP contribution is 2.47. The fourth-order valence-electron chi connectivity index (χ4n) is 3.90. The summed E-state index contributed by atoms with van der Waals surface area (Å²) in [5.74, 6) is -0.00152. The van der Waals surface area contributed by atoms with Crippen molar-refractivity contribution in [1.82, 2.24) is 5.32 Å². The first-order valence-corrected chi connectivity index (χ1v) is 7.63. The number of benzene rings is 1. The van der Waals surface area contributed by atoms with Crippen molar-refractivity contribution in [2.24, 2.45) is 5.92 Å². The van der Waals surface area contributed by atoms with Crippen molar-refractivity contribution < 1.29 is 9.90 Å². The van der Waals surface area contributed by atoms with Crippen LogP contribution in [-0.2, 0) is 5.41 Å². The van der Waals surface area contributed by atoms with E-state index in [1.165, 1.54) is 0 Å². The summed E-state index contributed by atoms with van der Waals surface area (Å²) < 4.78 is 0.